The van der Waals surface area contributed by atoms with Gasteiger partial charge in [-0.15, -0.1) is 10.2 Å². The van der Waals surface area contributed by atoms with Gasteiger partial charge in [-0.05, 0) is 54.4 Å². The number of hydrogen-bond acceptors (Lipinski definition) is 6. The van der Waals surface area contributed by atoms with Crippen molar-refractivity contribution >= 4 is 34.2 Å². The van der Waals surface area contributed by atoms with Crippen LogP contribution in [0.2, 0.25) is 5.02 Å². The van der Waals surface area contributed by atoms with Crippen LogP contribution in [0.3, 0.4) is 0 Å². The highest BCUT2D eigenvalue weighted by Crippen LogP contribution is 2.29. The fourth-order valence-electron chi connectivity index (χ4n) is 3.76. The summed E-state index contributed by atoms with van der Waals surface area (Å²) in [5, 5.41) is 13.8. The van der Waals surface area contributed by atoms with Crippen LogP contribution in [-0.2, 0) is 6.42 Å². The Bertz CT molecular complexity index is 1590. The summed E-state index contributed by atoms with van der Waals surface area (Å²) in [6.45, 7) is 2.00. The van der Waals surface area contributed by atoms with Gasteiger partial charge in [-0.1, -0.05) is 30.7 Å². The first-order valence-corrected chi connectivity index (χ1v) is 10.9. The Kier molecular flexibility index (Phi) is 5.46. The lowest BCUT2D eigenvalue weighted by Gasteiger charge is -2.09. The zero-order valence-electron chi connectivity index (χ0n) is 18.3. The van der Waals surface area contributed by atoms with E-state index in [1.165, 1.54) is 6.20 Å². The van der Waals surface area contributed by atoms with Crippen molar-refractivity contribution in [2.75, 3.05) is 12.5 Å². The molecule has 5 aromatic rings. The highest BCUT2D eigenvalue weighted by Gasteiger charge is 2.19. The van der Waals surface area contributed by atoms with Gasteiger partial charge in [0.05, 0.1) is 18.4 Å². The van der Waals surface area contributed by atoms with E-state index in [-0.39, 0.29) is 5.52 Å². The first-order valence-electron chi connectivity index (χ1n) is 10.5. The summed E-state index contributed by atoms with van der Waals surface area (Å²) in [7, 11) is 1.54. The standard InChI is InChI=1S/C24H19ClN6O3/c1-3-18-20(14-4-8-16(25)9-5-14)22-27-26-21-19(31(22)28-18)12-13-30(24(21)33)29-23(32)15-6-10-17(34-2)11-7-15/h4-13H,3H2,1-2H3,(H,29,32). The average Bonchev–Trinajstić information content (AvgIpc) is 3.25. The molecule has 1 N–H and O–H groups in total. The molecule has 0 atom stereocenters. The quantitative estimate of drug-likeness (QED) is 0.416. The number of carbonyl (C=O) groups is 1. The lowest BCUT2D eigenvalue weighted by molar-refractivity contribution is 0.101. The van der Waals surface area contributed by atoms with Crippen LogP contribution in [0.5, 0.6) is 5.75 Å². The van der Waals surface area contributed by atoms with Gasteiger partial charge < -0.3 is 4.74 Å². The first kappa shape index (κ1) is 21.6. The number of aryl methyl sites for hydroxylation is 1. The lowest BCUT2D eigenvalue weighted by atomic mass is 10.0. The van der Waals surface area contributed by atoms with Gasteiger partial charge in [0.2, 0.25) is 0 Å². The molecule has 0 bridgehead atoms. The first-order chi connectivity index (χ1) is 16.5. The Morgan fingerprint density at radius 3 is 2.47 bits per heavy atom. The molecule has 3 aromatic heterocycles. The number of hydrogen-bond donors (Lipinski definition) is 1. The van der Waals surface area contributed by atoms with Gasteiger partial charge in [-0.25, -0.2) is 9.19 Å². The number of carbonyl (C=O) groups excluding carboxylic acids is 1. The lowest BCUT2D eigenvalue weighted by Crippen LogP contribution is -2.33. The van der Waals surface area contributed by atoms with Crippen LogP contribution in [0, 0.1) is 0 Å². The van der Waals surface area contributed by atoms with Gasteiger partial charge in [0.1, 0.15) is 11.3 Å². The summed E-state index contributed by atoms with van der Waals surface area (Å²) in [6, 6.07) is 15.6. The van der Waals surface area contributed by atoms with E-state index in [1.807, 2.05) is 19.1 Å². The van der Waals surface area contributed by atoms with Gasteiger partial charge in [0.25, 0.3) is 11.5 Å². The molecule has 10 heteroatoms. The Hall–Kier alpha value is -4.24. The van der Waals surface area contributed by atoms with Crippen molar-refractivity contribution < 1.29 is 9.53 Å². The minimum Gasteiger partial charge on any atom is -0.497 e. The third-order valence-corrected chi connectivity index (χ3v) is 5.75. The molecule has 3 heterocycles. The van der Waals surface area contributed by atoms with E-state index in [1.54, 1.807) is 54.1 Å². The van der Waals surface area contributed by atoms with E-state index in [9.17, 15) is 9.59 Å². The molecule has 0 fully saturated rings. The van der Waals surface area contributed by atoms with Gasteiger partial charge >= 0.3 is 0 Å². The number of benzene rings is 2. The molecule has 0 radical (unpaired) electrons. The van der Waals surface area contributed by atoms with Crippen molar-refractivity contribution in [3.05, 3.63) is 87.4 Å². The molecule has 170 valence electrons. The molecule has 0 saturated carbocycles. The van der Waals surface area contributed by atoms with Crippen molar-refractivity contribution in [3.8, 4) is 16.9 Å². The molecule has 0 aliphatic carbocycles. The summed E-state index contributed by atoms with van der Waals surface area (Å²) >= 11 is 6.04. The summed E-state index contributed by atoms with van der Waals surface area (Å²) in [5.41, 5.74) is 6.10. The topological polar surface area (TPSA) is 103 Å². The SMILES string of the molecule is CCc1nn2c(nnc3c(=O)n(NC(=O)c4ccc(OC)cc4)ccc32)c1-c1ccc(Cl)cc1. The van der Waals surface area contributed by atoms with Gasteiger partial charge in [-0.2, -0.15) is 5.10 Å². The van der Waals surface area contributed by atoms with Gasteiger partial charge in [0, 0.05) is 16.8 Å². The monoisotopic (exact) mass is 474 g/mol. The van der Waals surface area contributed by atoms with E-state index < -0.39 is 11.5 Å². The summed E-state index contributed by atoms with van der Waals surface area (Å²) in [5.74, 6) is 0.179. The number of rotatable bonds is 5. The predicted octanol–water partition coefficient (Wildman–Crippen LogP) is 3.71. The molecule has 0 unspecified atom stereocenters. The number of amides is 1. The van der Waals surface area contributed by atoms with E-state index in [0.717, 1.165) is 21.5 Å². The van der Waals surface area contributed by atoms with Gasteiger partial charge in [-0.3, -0.25) is 15.0 Å². The highest BCUT2D eigenvalue weighted by molar-refractivity contribution is 6.30. The maximum atomic E-state index is 13.1. The average molecular weight is 475 g/mol. The summed E-state index contributed by atoms with van der Waals surface area (Å²) < 4.78 is 7.80. The van der Waals surface area contributed by atoms with Crippen molar-refractivity contribution in [2.24, 2.45) is 0 Å². The number of aromatic nitrogens is 5. The number of methoxy groups -OCH3 is 1. The van der Waals surface area contributed by atoms with Crippen LogP contribution in [0.4, 0.5) is 0 Å². The molecule has 0 aliphatic rings. The second-order valence-electron chi connectivity index (χ2n) is 7.51. The number of halogens is 1. The second kappa shape index (κ2) is 8.60. The number of pyridine rings is 1. The van der Waals surface area contributed by atoms with Crippen LogP contribution >= 0.6 is 11.6 Å². The van der Waals surface area contributed by atoms with Gasteiger partial charge in [0.15, 0.2) is 11.2 Å². The van der Waals surface area contributed by atoms with E-state index >= 15 is 0 Å². The predicted molar refractivity (Wildman–Crippen MR) is 129 cm³/mol. The zero-order chi connectivity index (χ0) is 23.8. The number of fused-ring (bicyclic) bond motifs is 3. The molecule has 1 amide bonds. The minimum atomic E-state index is -0.518. The van der Waals surface area contributed by atoms with Crippen LogP contribution in [-0.4, -0.2) is 37.5 Å². The molecule has 0 aliphatic heterocycles. The maximum absolute atomic E-state index is 13.1. The molecule has 5 rings (SSSR count). The number of nitrogens with one attached hydrogen (secondary N) is 1. The maximum Gasteiger partial charge on any atom is 0.299 e. The number of ether oxygens (including phenoxy) is 1. The van der Waals surface area contributed by atoms with Crippen molar-refractivity contribution in [3.63, 3.8) is 0 Å². The zero-order valence-corrected chi connectivity index (χ0v) is 19.1. The smallest absolute Gasteiger partial charge is 0.299 e. The highest BCUT2D eigenvalue weighted by atomic mass is 35.5. The molecule has 9 nitrogen and oxygen atoms in total. The van der Waals surface area contributed by atoms with E-state index in [2.05, 4.69) is 20.7 Å². The molecule has 2 aromatic carbocycles. The van der Waals surface area contributed by atoms with E-state index in [4.69, 9.17) is 16.3 Å². The third kappa shape index (κ3) is 3.65. The summed E-state index contributed by atoms with van der Waals surface area (Å²) in [6.07, 6.45) is 2.14. The minimum absolute atomic E-state index is 0.0813. The summed E-state index contributed by atoms with van der Waals surface area (Å²) in [4.78, 5) is 25.7. The van der Waals surface area contributed by atoms with Crippen molar-refractivity contribution in [2.45, 2.75) is 13.3 Å². The second-order valence-corrected chi connectivity index (χ2v) is 7.95. The Balaban J connectivity index is 1.57. The van der Waals surface area contributed by atoms with Crippen molar-refractivity contribution in [1.29, 1.82) is 0 Å². The van der Waals surface area contributed by atoms with Crippen LogP contribution in [0.15, 0.2) is 65.6 Å². The van der Waals surface area contributed by atoms with Crippen molar-refractivity contribution in [1.82, 2.24) is 24.5 Å². The molecular weight excluding hydrogens is 456 g/mol. The van der Waals surface area contributed by atoms with Crippen LogP contribution < -0.4 is 15.7 Å². The van der Waals surface area contributed by atoms with Crippen LogP contribution in [0.1, 0.15) is 23.0 Å². The molecular formula is C24H19ClN6O3. The molecule has 34 heavy (non-hydrogen) atoms. The fraction of sp³-hybridized carbons (Fsp3) is 0.125. The Labute approximate surface area is 198 Å². The number of nitrogens with zero attached hydrogens (tertiary/aromatic N) is 5. The third-order valence-electron chi connectivity index (χ3n) is 5.49. The Morgan fingerprint density at radius 2 is 1.79 bits per heavy atom. The molecule has 0 spiro atoms. The fourth-order valence-corrected chi connectivity index (χ4v) is 3.88. The van der Waals surface area contributed by atoms with E-state index in [0.29, 0.717) is 33.9 Å². The normalized spacial score (nSPS) is 11.1. The largest absolute Gasteiger partial charge is 0.497 e. The molecule has 0 saturated heterocycles. The van der Waals surface area contributed by atoms with Crippen LogP contribution in [0.25, 0.3) is 27.8 Å². The Morgan fingerprint density at radius 1 is 1.06 bits per heavy atom.